The Labute approximate surface area is 146 Å². The van der Waals surface area contributed by atoms with Gasteiger partial charge in [-0.25, -0.2) is 4.79 Å². The highest BCUT2D eigenvalue weighted by Gasteiger charge is 2.41. The first kappa shape index (κ1) is 18.8. The second-order valence-electron chi connectivity index (χ2n) is 5.75. The molecular weight excluding hydrogens is 326 g/mol. The van der Waals surface area contributed by atoms with Crippen molar-refractivity contribution in [2.45, 2.75) is 25.3 Å². The fraction of sp³-hybridized carbons (Fsp3) is 0.444. The molecule has 2 rings (SSSR count). The number of hydrogen-bond donors (Lipinski definition) is 2. The zero-order valence-electron chi connectivity index (χ0n) is 14.4. The Kier molecular flexibility index (Phi) is 6.41. The van der Waals surface area contributed by atoms with E-state index in [9.17, 15) is 14.7 Å². The fourth-order valence-corrected chi connectivity index (χ4v) is 2.66. The summed E-state index contributed by atoms with van der Waals surface area (Å²) < 4.78 is 16.0. The van der Waals surface area contributed by atoms with Crippen LogP contribution in [0.3, 0.4) is 0 Å². The minimum absolute atomic E-state index is 0.232. The number of hydrogen-bond acceptors (Lipinski definition) is 5. The van der Waals surface area contributed by atoms with Crippen LogP contribution in [0.15, 0.2) is 24.3 Å². The Balaban J connectivity index is 2.00. The van der Waals surface area contributed by atoms with Crippen LogP contribution >= 0.6 is 0 Å². The smallest absolute Gasteiger partial charge is 0.329 e. The molecule has 0 bridgehead atoms. The Morgan fingerprint density at radius 3 is 2.64 bits per heavy atom. The molecule has 1 aliphatic heterocycles. The summed E-state index contributed by atoms with van der Waals surface area (Å²) in [4.78, 5) is 23.7. The first-order valence-corrected chi connectivity index (χ1v) is 8.06. The van der Waals surface area contributed by atoms with Gasteiger partial charge in [-0.15, -0.1) is 0 Å². The van der Waals surface area contributed by atoms with E-state index in [0.29, 0.717) is 24.7 Å². The molecule has 7 heteroatoms. The van der Waals surface area contributed by atoms with E-state index in [1.165, 1.54) is 7.11 Å². The van der Waals surface area contributed by atoms with Crippen molar-refractivity contribution >= 4 is 18.0 Å². The lowest BCUT2D eigenvalue weighted by atomic mass is 9.90. The van der Waals surface area contributed by atoms with Gasteiger partial charge in [-0.1, -0.05) is 18.2 Å². The van der Waals surface area contributed by atoms with Crippen molar-refractivity contribution in [3.05, 3.63) is 29.8 Å². The molecule has 1 heterocycles. The number of methoxy groups -OCH3 is 1. The maximum atomic E-state index is 12.2. The van der Waals surface area contributed by atoms with Crippen LogP contribution in [0.5, 0.6) is 11.5 Å². The molecule has 1 fully saturated rings. The van der Waals surface area contributed by atoms with Gasteiger partial charge in [0.15, 0.2) is 18.1 Å². The van der Waals surface area contributed by atoms with E-state index in [4.69, 9.17) is 14.2 Å². The Morgan fingerprint density at radius 2 is 2.04 bits per heavy atom. The molecule has 1 saturated heterocycles. The normalized spacial score (nSPS) is 16.4. The molecule has 2 N–H and O–H groups in total. The predicted molar refractivity (Wildman–Crippen MR) is 91.8 cm³/mol. The van der Waals surface area contributed by atoms with Crippen LogP contribution < -0.4 is 14.8 Å². The Morgan fingerprint density at radius 1 is 1.32 bits per heavy atom. The van der Waals surface area contributed by atoms with E-state index in [-0.39, 0.29) is 19.4 Å². The molecule has 136 valence electrons. The van der Waals surface area contributed by atoms with Gasteiger partial charge in [-0.05, 0) is 24.6 Å². The molecule has 0 radical (unpaired) electrons. The van der Waals surface area contributed by atoms with Crippen molar-refractivity contribution in [2.75, 3.05) is 26.9 Å². The van der Waals surface area contributed by atoms with E-state index in [0.717, 1.165) is 5.56 Å². The van der Waals surface area contributed by atoms with Crippen LogP contribution in [0, 0.1) is 0 Å². The zero-order chi connectivity index (χ0) is 18.3. The second-order valence-corrected chi connectivity index (χ2v) is 5.75. The quantitative estimate of drug-likeness (QED) is 0.780. The van der Waals surface area contributed by atoms with E-state index in [1.54, 1.807) is 12.1 Å². The van der Waals surface area contributed by atoms with Gasteiger partial charge in [0.1, 0.15) is 5.54 Å². The number of benzene rings is 1. The number of allylic oxidation sites excluding steroid dienone is 1. The lowest BCUT2D eigenvalue weighted by Gasteiger charge is -2.33. The molecule has 1 aromatic rings. The minimum Gasteiger partial charge on any atom is -0.493 e. The third-order valence-electron chi connectivity index (χ3n) is 4.04. The largest absolute Gasteiger partial charge is 0.493 e. The zero-order valence-corrected chi connectivity index (χ0v) is 14.4. The number of aliphatic carboxylic acids is 1. The molecule has 0 aliphatic carbocycles. The van der Waals surface area contributed by atoms with Crippen LogP contribution in [0.25, 0.3) is 6.08 Å². The van der Waals surface area contributed by atoms with Gasteiger partial charge in [0, 0.05) is 26.1 Å². The lowest BCUT2D eigenvalue weighted by molar-refractivity contribution is -0.152. The van der Waals surface area contributed by atoms with Gasteiger partial charge >= 0.3 is 5.97 Å². The summed E-state index contributed by atoms with van der Waals surface area (Å²) in [6.45, 7) is 2.21. The van der Waals surface area contributed by atoms with Crippen LogP contribution in [-0.4, -0.2) is 49.5 Å². The highest BCUT2D eigenvalue weighted by molar-refractivity contribution is 5.87. The summed E-state index contributed by atoms with van der Waals surface area (Å²) >= 11 is 0. The molecule has 0 atom stereocenters. The van der Waals surface area contributed by atoms with Crippen molar-refractivity contribution in [1.82, 2.24) is 5.32 Å². The molecule has 1 aliphatic rings. The molecule has 1 aromatic carbocycles. The summed E-state index contributed by atoms with van der Waals surface area (Å²) in [6.07, 6.45) is 4.29. The number of amides is 1. The first-order valence-electron chi connectivity index (χ1n) is 8.06. The summed E-state index contributed by atoms with van der Waals surface area (Å²) in [5.41, 5.74) is -0.346. The van der Waals surface area contributed by atoms with E-state index in [1.807, 2.05) is 25.1 Å². The average Bonchev–Trinajstić information content (AvgIpc) is 2.61. The van der Waals surface area contributed by atoms with E-state index >= 15 is 0 Å². The number of carbonyl (C=O) groups excluding carboxylic acids is 1. The SMILES string of the molecule is C/C=C/c1ccc(OCC(=O)NC2(C(=O)O)CCOCC2)c(OC)c1. The van der Waals surface area contributed by atoms with Crippen molar-refractivity contribution < 1.29 is 28.9 Å². The summed E-state index contributed by atoms with van der Waals surface area (Å²) in [7, 11) is 1.52. The first-order chi connectivity index (χ1) is 12.0. The minimum atomic E-state index is -1.29. The van der Waals surface area contributed by atoms with Crippen LogP contribution in [0.4, 0.5) is 0 Å². The molecule has 0 spiro atoms. The highest BCUT2D eigenvalue weighted by atomic mass is 16.5. The topological polar surface area (TPSA) is 94.1 Å². The third-order valence-corrected chi connectivity index (χ3v) is 4.04. The number of nitrogens with one attached hydrogen (secondary N) is 1. The Bertz CT molecular complexity index is 649. The number of carboxylic acid groups (broad SMARTS) is 1. The molecule has 25 heavy (non-hydrogen) atoms. The molecular formula is C18H23NO6. The van der Waals surface area contributed by atoms with Crippen molar-refractivity contribution in [2.24, 2.45) is 0 Å². The average molecular weight is 349 g/mol. The van der Waals surface area contributed by atoms with Gasteiger partial charge in [0.2, 0.25) is 0 Å². The van der Waals surface area contributed by atoms with Crippen molar-refractivity contribution in [3.63, 3.8) is 0 Å². The van der Waals surface area contributed by atoms with E-state index in [2.05, 4.69) is 5.32 Å². The van der Waals surface area contributed by atoms with Gasteiger partial charge in [-0.2, -0.15) is 0 Å². The maximum Gasteiger partial charge on any atom is 0.329 e. The highest BCUT2D eigenvalue weighted by Crippen LogP contribution is 2.28. The molecule has 1 amide bonds. The van der Waals surface area contributed by atoms with Crippen LogP contribution in [0.1, 0.15) is 25.3 Å². The third kappa shape index (κ3) is 4.73. The van der Waals surface area contributed by atoms with Gasteiger partial charge in [0.05, 0.1) is 7.11 Å². The number of ether oxygens (including phenoxy) is 3. The molecule has 7 nitrogen and oxygen atoms in total. The van der Waals surface area contributed by atoms with Crippen LogP contribution in [0.2, 0.25) is 0 Å². The van der Waals surface area contributed by atoms with Gasteiger partial charge in [0.25, 0.3) is 5.91 Å². The lowest BCUT2D eigenvalue weighted by Crippen LogP contribution is -2.58. The van der Waals surface area contributed by atoms with Crippen molar-refractivity contribution in [3.8, 4) is 11.5 Å². The van der Waals surface area contributed by atoms with Crippen LogP contribution in [-0.2, 0) is 14.3 Å². The maximum absolute atomic E-state index is 12.2. The summed E-state index contributed by atoms with van der Waals surface area (Å²) in [5.74, 6) is -0.633. The predicted octanol–water partition coefficient (Wildman–Crippen LogP) is 1.86. The van der Waals surface area contributed by atoms with Gasteiger partial charge < -0.3 is 24.6 Å². The summed E-state index contributed by atoms with van der Waals surface area (Å²) in [5, 5.41) is 12.0. The second kappa shape index (κ2) is 8.53. The molecule has 0 unspecified atom stereocenters. The number of carboxylic acids is 1. The molecule has 0 saturated carbocycles. The molecule has 0 aromatic heterocycles. The standard InChI is InChI=1S/C18H23NO6/c1-3-4-13-5-6-14(15(11-13)23-2)25-12-16(20)19-18(17(21)22)7-9-24-10-8-18/h3-6,11H,7-10,12H2,1-2H3,(H,19,20)(H,21,22)/b4-3+. The Hall–Kier alpha value is -2.54. The van der Waals surface area contributed by atoms with Gasteiger partial charge in [-0.3, -0.25) is 4.79 Å². The number of rotatable bonds is 7. The monoisotopic (exact) mass is 349 g/mol. The fourth-order valence-electron chi connectivity index (χ4n) is 2.66. The van der Waals surface area contributed by atoms with Crippen molar-refractivity contribution in [1.29, 1.82) is 0 Å². The van der Waals surface area contributed by atoms with E-state index < -0.39 is 17.4 Å². The summed E-state index contributed by atoms with van der Waals surface area (Å²) in [6, 6.07) is 5.35. The number of carbonyl (C=O) groups is 2.